The summed E-state index contributed by atoms with van der Waals surface area (Å²) < 4.78 is 26.3. The number of halogens is 1. The molecule has 0 aliphatic carbocycles. The van der Waals surface area contributed by atoms with Crippen LogP contribution in [0.15, 0.2) is 52.2 Å². The Labute approximate surface area is 193 Å². The molecule has 0 bridgehead atoms. The Kier molecular flexibility index (Phi) is 7.41. The molecule has 0 aliphatic heterocycles. The smallest absolute Gasteiger partial charge is 0.272 e. The van der Waals surface area contributed by atoms with Gasteiger partial charge in [0.15, 0.2) is 5.69 Å². The molecule has 1 amide bonds. The highest BCUT2D eigenvalue weighted by atomic mass is 35.5. The van der Waals surface area contributed by atoms with Crippen molar-refractivity contribution in [3.63, 3.8) is 0 Å². The summed E-state index contributed by atoms with van der Waals surface area (Å²) in [6, 6.07) is 9.27. The number of fused-ring (bicyclic) bond motifs is 1. The number of nitrogens with zero attached hydrogens (tertiary/aromatic N) is 3. The minimum absolute atomic E-state index is 0.147. The lowest BCUT2D eigenvalue weighted by Gasteiger charge is -2.12. The van der Waals surface area contributed by atoms with Gasteiger partial charge in [-0.05, 0) is 24.6 Å². The molecule has 3 rings (SSSR count). The number of benzene rings is 2. The van der Waals surface area contributed by atoms with E-state index in [1.54, 1.807) is 18.2 Å². The van der Waals surface area contributed by atoms with Crippen LogP contribution in [0.5, 0.6) is 0 Å². The summed E-state index contributed by atoms with van der Waals surface area (Å²) in [6.45, 7) is 2.31. The van der Waals surface area contributed by atoms with Crippen molar-refractivity contribution in [1.82, 2.24) is 20.0 Å². The Balaban J connectivity index is 1.90. The maximum Gasteiger partial charge on any atom is 0.289 e. The number of nitrogens with one attached hydrogen (secondary N) is 2. The van der Waals surface area contributed by atoms with Crippen molar-refractivity contribution in [2.75, 3.05) is 0 Å². The van der Waals surface area contributed by atoms with Crippen molar-refractivity contribution < 1.29 is 18.1 Å². The van der Waals surface area contributed by atoms with Gasteiger partial charge in [0.1, 0.15) is 5.02 Å². The number of rotatable bonds is 9. The van der Waals surface area contributed by atoms with Gasteiger partial charge in [0, 0.05) is 18.0 Å². The van der Waals surface area contributed by atoms with Crippen LogP contribution in [0.2, 0.25) is 5.02 Å². The monoisotopic (exact) mass is 493 g/mol. The number of aryl methyl sites for hydroxylation is 1. The molecule has 0 fully saturated rings. The zero-order valence-corrected chi connectivity index (χ0v) is 19.0. The maximum atomic E-state index is 12.8. The molecule has 0 spiro atoms. The number of aromatic nitrogens is 2. The first-order valence-electron chi connectivity index (χ1n) is 9.91. The number of nitro groups is 1. The maximum absolute atomic E-state index is 12.8. The van der Waals surface area contributed by atoms with E-state index in [1.807, 2.05) is 17.2 Å². The largest absolute Gasteiger partial charge is 0.289 e. The van der Waals surface area contributed by atoms with E-state index in [0.717, 1.165) is 31.0 Å². The summed E-state index contributed by atoms with van der Waals surface area (Å²) in [5, 5.41) is 15.5. The Hall–Kier alpha value is -3.35. The second-order valence-electron chi connectivity index (χ2n) is 7.06. The fourth-order valence-corrected chi connectivity index (χ4v) is 4.14. The first-order chi connectivity index (χ1) is 15.7. The van der Waals surface area contributed by atoms with E-state index in [2.05, 4.69) is 5.10 Å². The standard InChI is InChI=1S/C20H20ClN5O6S/c1-2-3-6-11-25-20(28)15-8-5-4-7-14(15)18(23-25)19(27)22-24-33(31,32)13-9-10-16(21)17(12-13)26(29)30/h4-5,7-10,12,24H,2-3,6,11H2,1H3,(H,22,27). The van der Waals surface area contributed by atoms with Gasteiger partial charge in [-0.25, -0.2) is 13.1 Å². The van der Waals surface area contributed by atoms with E-state index >= 15 is 0 Å². The van der Waals surface area contributed by atoms with Gasteiger partial charge in [-0.1, -0.05) is 49.6 Å². The lowest BCUT2D eigenvalue weighted by atomic mass is 10.1. The zero-order chi connectivity index (χ0) is 24.2. The number of unbranched alkanes of at least 4 members (excludes halogenated alkanes) is 2. The zero-order valence-electron chi connectivity index (χ0n) is 17.4. The predicted octanol–water partition coefficient (Wildman–Crippen LogP) is 2.77. The number of amides is 1. The van der Waals surface area contributed by atoms with Crippen LogP contribution in [-0.4, -0.2) is 29.0 Å². The van der Waals surface area contributed by atoms with Gasteiger partial charge in [0.2, 0.25) is 0 Å². The molecule has 0 saturated carbocycles. The molecule has 1 heterocycles. The molecule has 174 valence electrons. The van der Waals surface area contributed by atoms with Crippen LogP contribution in [0.25, 0.3) is 10.8 Å². The van der Waals surface area contributed by atoms with E-state index in [9.17, 15) is 28.1 Å². The third kappa shape index (κ3) is 5.35. The highest BCUT2D eigenvalue weighted by molar-refractivity contribution is 7.89. The Morgan fingerprint density at radius 1 is 1.18 bits per heavy atom. The molecule has 0 aliphatic rings. The number of hydrazine groups is 1. The molecule has 2 aromatic carbocycles. The van der Waals surface area contributed by atoms with Gasteiger partial charge in [0.25, 0.3) is 27.2 Å². The Morgan fingerprint density at radius 3 is 2.55 bits per heavy atom. The molecule has 0 radical (unpaired) electrons. The lowest BCUT2D eigenvalue weighted by Crippen LogP contribution is -2.42. The average Bonchev–Trinajstić information content (AvgIpc) is 2.79. The topological polar surface area (TPSA) is 153 Å². The predicted molar refractivity (Wildman–Crippen MR) is 121 cm³/mol. The highest BCUT2D eigenvalue weighted by Gasteiger charge is 2.23. The number of nitro benzene ring substituents is 1. The lowest BCUT2D eigenvalue weighted by molar-refractivity contribution is -0.384. The van der Waals surface area contributed by atoms with Crippen molar-refractivity contribution >= 4 is 44.0 Å². The number of sulfonamides is 1. The first-order valence-corrected chi connectivity index (χ1v) is 11.8. The van der Waals surface area contributed by atoms with Crippen molar-refractivity contribution in [3.8, 4) is 0 Å². The fraction of sp³-hybridized carbons (Fsp3) is 0.250. The van der Waals surface area contributed by atoms with Crippen molar-refractivity contribution in [2.24, 2.45) is 0 Å². The van der Waals surface area contributed by atoms with Crippen LogP contribution in [0.4, 0.5) is 5.69 Å². The molecule has 13 heteroatoms. The molecule has 11 nitrogen and oxygen atoms in total. The third-order valence-electron chi connectivity index (χ3n) is 4.78. The average molecular weight is 494 g/mol. The van der Waals surface area contributed by atoms with Crippen molar-refractivity contribution in [1.29, 1.82) is 0 Å². The summed E-state index contributed by atoms with van der Waals surface area (Å²) in [5.41, 5.74) is 0.949. The van der Waals surface area contributed by atoms with Crippen molar-refractivity contribution in [3.05, 3.63) is 73.6 Å². The number of hydrogen-bond acceptors (Lipinski definition) is 7. The summed E-state index contributed by atoms with van der Waals surface area (Å²) in [4.78, 5) is 37.1. The second-order valence-corrected chi connectivity index (χ2v) is 9.15. The quantitative estimate of drug-likeness (QED) is 0.264. The summed E-state index contributed by atoms with van der Waals surface area (Å²) in [5.74, 6) is -0.900. The van der Waals surface area contributed by atoms with E-state index in [0.29, 0.717) is 13.0 Å². The second kappa shape index (κ2) is 10.1. The molecule has 0 atom stereocenters. The van der Waals surface area contributed by atoms with Crippen LogP contribution in [0, 0.1) is 10.1 Å². The molecular weight excluding hydrogens is 474 g/mol. The van der Waals surface area contributed by atoms with Crippen LogP contribution in [0.3, 0.4) is 0 Å². The number of hydrogen-bond donors (Lipinski definition) is 2. The molecule has 1 aromatic heterocycles. The van der Waals surface area contributed by atoms with Gasteiger partial charge in [-0.15, -0.1) is 4.83 Å². The van der Waals surface area contributed by atoms with Crippen LogP contribution >= 0.6 is 11.6 Å². The van der Waals surface area contributed by atoms with Crippen LogP contribution in [0.1, 0.15) is 36.7 Å². The number of carbonyl (C=O) groups excluding carboxylic acids is 1. The van der Waals surface area contributed by atoms with E-state index < -0.39 is 31.4 Å². The normalized spacial score (nSPS) is 11.5. The Morgan fingerprint density at radius 2 is 1.88 bits per heavy atom. The highest BCUT2D eigenvalue weighted by Crippen LogP contribution is 2.26. The third-order valence-corrected chi connectivity index (χ3v) is 6.34. The summed E-state index contributed by atoms with van der Waals surface area (Å²) in [6.07, 6.45) is 2.49. The minimum atomic E-state index is -4.37. The van der Waals surface area contributed by atoms with Gasteiger partial charge < -0.3 is 0 Å². The number of carbonyl (C=O) groups is 1. The van der Waals surface area contributed by atoms with E-state index in [1.165, 1.54) is 10.7 Å². The molecular formula is C20H20ClN5O6S. The first kappa shape index (κ1) is 24.3. The van der Waals surface area contributed by atoms with Gasteiger partial charge in [0.05, 0.1) is 15.2 Å². The fourth-order valence-electron chi connectivity index (χ4n) is 3.10. The molecule has 3 aromatic rings. The Bertz CT molecular complexity index is 1390. The van der Waals surface area contributed by atoms with Gasteiger partial charge in [-0.2, -0.15) is 5.10 Å². The van der Waals surface area contributed by atoms with Crippen LogP contribution in [-0.2, 0) is 16.6 Å². The molecule has 0 unspecified atom stereocenters. The molecule has 2 N–H and O–H groups in total. The minimum Gasteiger partial charge on any atom is -0.272 e. The summed E-state index contributed by atoms with van der Waals surface area (Å²) in [7, 11) is -4.37. The van der Waals surface area contributed by atoms with Gasteiger partial charge >= 0.3 is 0 Å². The van der Waals surface area contributed by atoms with E-state index in [-0.39, 0.29) is 27.0 Å². The van der Waals surface area contributed by atoms with Crippen molar-refractivity contribution in [2.45, 2.75) is 37.6 Å². The van der Waals surface area contributed by atoms with Gasteiger partial charge in [-0.3, -0.25) is 25.1 Å². The molecule has 0 saturated heterocycles. The SMILES string of the molecule is CCCCCn1nc(C(=O)NNS(=O)(=O)c2ccc(Cl)c([N+](=O)[O-])c2)c2ccccc2c1=O. The van der Waals surface area contributed by atoms with Crippen LogP contribution < -0.4 is 15.8 Å². The van der Waals surface area contributed by atoms with E-state index in [4.69, 9.17) is 11.6 Å². The summed E-state index contributed by atoms with van der Waals surface area (Å²) >= 11 is 5.71. The molecule has 33 heavy (non-hydrogen) atoms.